The molecular weight excluding hydrogens is 270 g/mol. The summed E-state index contributed by atoms with van der Waals surface area (Å²) in [4.78, 5) is 27.1. The first-order valence-electron chi connectivity index (χ1n) is 6.26. The molecule has 0 saturated carbocycles. The van der Waals surface area contributed by atoms with Gasteiger partial charge in [0.2, 0.25) is 11.8 Å². The van der Waals surface area contributed by atoms with Gasteiger partial charge in [0, 0.05) is 11.6 Å². The fourth-order valence-corrected chi connectivity index (χ4v) is 2.11. The molecule has 3 aromatic rings. The zero-order valence-corrected chi connectivity index (χ0v) is 11.5. The summed E-state index contributed by atoms with van der Waals surface area (Å²) in [6, 6.07) is 6.99. The van der Waals surface area contributed by atoms with E-state index in [1.54, 1.807) is 25.1 Å². The Labute approximate surface area is 119 Å². The molecule has 21 heavy (non-hydrogen) atoms. The van der Waals surface area contributed by atoms with Gasteiger partial charge in [-0.3, -0.25) is 4.79 Å². The topological polar surface area (TPSA) is 107 Å². The molecule has 0 fully saturated rings. The second-order valence-electron chi connectivity index (χ2n) is 4.54. The van der Waals surface area contributed by atoms with E-state index in [0.717, 1.165) is 5.56 Å². The molecule has 0 saturated heterocycles. The first-order valence-corrected chi connectivity index (χ1v) is 6.26. The van der Waals surface area contributed by atoms with E-state index in [2.05, 4.69) is 19.9 Å². The molecule has 2 heterocycles. The van der Waals surface area contributed by atoms with Crippen molar-refractivity contribution in [2.45, 2.75) is 6.92 Å². The van der Waals surface area contributed by atoms with Crippen LogP contribution in [0.2, 0.25) is 0 Å². The van der Waals surface area contributed by atoms with Crippen molar-refractivity contribution in [1.29, 1.82) is 0 Å². The van der Waals surface area contributed by atoms with Crippen LogP contribution >= 0.6 is 0 Å². The summed E-state index contributed by atoms with van der Waals surface area (Å²) >= 11 is 0. The Morgan fingerprint density at radius 3 is 2.76 bits per heavy atom. The van der Waals surface area contributed by atoms with Crippen LogP contribution in [-0.4, -0.2) is 27.0 Å². The number of nitrogen functional groups attached to an aromatic ring is 1. The molecule has 7 nitrogen and oxygen atoms in total. The molecular formula is C14H13N5O2. The van der Waals surface area contributed by atoms with E-state index in [1.807, 2.05) is 6.07 Å². The number of aromatic nitrogens is 4. The maximum Gasteiger partial charge on any atom is 0.258 e. The lowest BCUT2D eigenvalue weighted by Gasteiger charge is -2.06. The highest BCUT2D eigenvalue weighted by Crippen LogP contribution is 2.23. The van der Waals surface area contributed by atoms with E-state index in [-0.39, 0.29) is 11.5 Å². The van der Waals surface area contributed by atoms with Crippen molar-refractivity contribution in [2.24, 2.45) is 0 Å². The maximum absolute atomic E-state index is 12.0. The van der Waals surface area contributed by atoms with Gasteiger partial charge in [-0.15, -0.1) is 0 Å². The predicted octanol–water partition coefficient (Wildman–Crippen LogP) is 1.28. The number of fused-ring (bicyclic) bond motifs is 1. The molecule has 0 spiro atoms. The minimum absolute atomic E-state index is 0.111. The summed E-state index contributed by atoms with van der Waals surface area (Å²) < 4.78 is 5.07. The minimum atomic E-state index is -0.187. The monoisotopic (exact) mass is 283 g/mol. The van der Waals surface area contributed by atoms with E-state index in [1.165, 1.54) is 7.11 Å². The zero-order valence-electron chi connectivity index (χ0n) is 11.5. The Kier molecular flexibility index (Phi) is 3.02. The molecule has 3 N–H and O–H groups in total. The number of methoxy groups -OCH3 is 1. The molecule has 0 bridgehead atoms. The summed E-state index contributed by atoms with van der Waals surface area (Å²) in [6.07, 6.45) is 0. The van der Waals surface area contributed by atoms with E-state index in [4.69, 9.17) is 10.5 Å². The van der Waals surface area contributed by atoms with Gasteiger partial charge >= 0.3 is 0 Å². The zero-order chi connectivity index (χ0) is 15.0. The predicted molar refractivity (Wildman–Crippen MR) is 79.1 cm³/mol. The number of nitrogens with two attached hydrogens (primary N) is 1. The van der Waals surface area contributed by atoms with Gasteiger partial charge in [-0.05, 0) is 19.1 Å². The molecule has 0 aliphatic carbocycles. The van der Waals surface area contributed by atoms with E-state index < -0.39 is 0 Å². The molecule has 0 atom stereocenters. The third kappa shape index (κ3) is 2.40. The number of H-pyrrole nitrogens is 1. The van der Waals surface area contributed by atoms with Gasteiger partial charge in [-0.2, -0.15) is 4.98 Å². The number of ether oxygens (including phenoxy) is 1. The average molecular weight is 283 g/mol. The third-order valence-corrected chi connectivity index (χ3v) is 3.05. The van der Waals surface area contributed by atoms with Crippen LogP contribution in [0.1, 0.15) is 5.82 Å². The van der Waals surface area contributed by atoms with Crippen LogP contribution in [0.3, 0.4) is 0 Å². The summed E-state index contributed by atoms with van der Waals surface area (Å²) in [5.74, 6) is 1.06. The van der Waals surface area contributed by atoms with Crippen molar-refractivity contribution in [3.63, 3.8) is 0 Å². The van der Waals surface area contributed by atoms with Crippen molar-refractivity contribution in [3.05, 3.63) is 40.4 Å². The SMILES string of the molecule is COc1cc(-c2ccc3nc(C)[nH]c(=O)c3c2)nc(N)n1. The summed E-state index contributed by atoms with van der Waals surface area (Å²) in [6.45, 7) is 1.74. The fourth-order valence-electron chi connectivity index (χ4n) is 2.11. The quantitative estimate of drug-likeness (QED) is 0.733. The second-order valence-corrected chi connectivity index (χ2v) is 4.54. The van der Waals surface area contributed by atoms with Crippen LogP contribution in [0.4, 0.5) is 5.95 Å². The Morgan fingerprint density at radius 2 is 2.00 bits per heavy atom. The molecule has 1 aromatic carbocycles. The maximum atomic E-state index is 12.0. The molecule has 106 valence electrons. The number of anilines is 1. The highest BCUT2D eigenvalue weighted by molar-refractivity contribution is 5.83. The molecule has 7 heteroatoms. The molecule has 0 unspecified atom stereocenters. The number of nitrogens with zero attached hydrogens (tertiary/aromatic N) is 3. The van der Waals surface area contributed by atoms with Crippen molar-refractivity contribution in [3.8, 4) is 17.1 Å². The van der Waals surface area contributed by atoms with Crippen LogP contribution in [0.25, 0.3) is 22.2 Å². The molecule has 3 rings (SSSR count). The lowest BCUT2D eigenvalue weighted by molar-refractivity contribution is 0.398. The van der Waals surface area contributed by atoms with E-state index in [0.29, 0.717) is 28.3 Å². The molecule has 2 aromatic heterocycles. The molecule has 0 radical (unpaired) electrons. The Bertz CT molecular complexity index is 888. The number of aromatic amines is 1. The van der Waals surface area contributed by atoms with Gasteiger partial charge in [0.25, 0.3) is 5.56 Å². The minimum Gasteiger partial charge on any atom is -0.481 e. The van der Waals surface area contributed by atoms with Crippen LogP contribution in [-0.2, 0) is 0 Å². The standard InChI is InChI=1S/C14H13N5O2/c1-7-16-10-4-3-8(5-9(10)13(20)17-7)11-6-12(21-2)19-14(15)18-11/h3-6H,1-2H3,(H2,15,18,19)(H,16,17,20). The van der Waals surface area contributed by atoms with Crippen LogP contribution in [0, 0.1) is 6.92 Å². The molecule has 0 aliphatic rings. The Hall–Kier alpha value is -2.96. The van der Waals surface area contributed by atoms with Gasteiger partial charge in [-0.25, -0.2) is 9.97 Å². The highest BCUT2D eigenvalue weighted by Gasteiger charge is 2.08. The first-order chi connectivity index (χ1) is 10.1. The molecule has 0 aliphatic heterocycles. The fraction of sp³-hybridized carbons (Fsp3) is 0.143. The Balaban J connectivity index is 2.22. The number of hydrogen-bond acceptors (Lipinski definition) is 6. The molecule has 0 amide bonds. The smallest absolute Gasteiger partial charge is 0.258 e. The van der Waals surface area contributed by atoms with Gasteiger partial charge in [0.15, 0.2) is 0 Å². The number of rotatable bonds is 2. The average Bonchev–Trinajstić information content (AvgIpc) is 2.46. The van der Waals surface area contributed by atoms with Gasteiger partial charge in [0.1, 0.15) is 5.82 Å². The van der Waals surface area contributed by atoms with Crippen LogP contribution in [0.15, 0.2) is 29.1 Å². The third-order valence-electron chi connectivity index (χ3n) is 3.05. The van der Waals surface area contributed by atoms with Crippen molar-refractivity contribution < 1.29 is 4.74 Å². The Morgan fingerprint density at radius 1 is 1.19 bits per heavy atom. The van der Waals surface area contributed by atoms with Crippen molar-refractivity contribution in [1.82, 2.24) is 19.9 Å². The van der Waals surface area contributed by atoms with E-state index >= 15 is 0 Å². The lowest BCUT2D eigenvalue weighted by Crippen LogP contribution is -2.09. The van der Waals surface area contributed by atoms with Gasteiger partial charge < -0.3 is 15.5 Å². The second kappa shape index (κ2) is 4.86. The normalized spacial score (nSPS) is 10.8. The largest absolute Gasteiger partial charge is 0.481 e. The van der Waals surface area contributed by atoms with Crippen LogP contribution in [0.5, 0.6) is 5.88 Å². The number of benzene rings is 1. The van der Waals surface area contributed by atoms with Crippen molar-refractivity contribution in [2.75, 3.05) is 12.8 Å². The number of nitrogens with one attached hydrogen (secondary N) is 1. The van der Waals surface area contributed by atoms with Gasteiger partial charge in [-0.1, -0.05) is 6.07 Å². The number of hydrogen-bond donors (Lipinski definition) is 2. The van der Waals surface area contributed by atoms with Crippen molar-refractivity contribution >= 4 is 16.9 Å². The lowest BCUT2D eigenvalue weighted by atomic mass is 10.1. The first kappa shape index (κ1) is 13.0. The van der Waals surface area contributed by atoms with Crippen LogP contribution < -0.4 is 16.0 Å². The summed E-state index contributed by atoms with van der Waals surface area (Å²) in [7, 11) is 1.50. The van der Waals surface area contributed by atoms with E-state index in [9.17, 15) is 4.79 Å². The number of aryl methyl sites for hydroxylation is 1. The highest BCUT2D eigenvalue weighted by atomic mass is 16.5. The summed E-state index contributed by atoms with van der Waals surface area (Å²) in [5, 5.41) is 0.495. The summed E-state index contributed by atoms with van der Waals surface area (Å²) in [5.41, 5.74) is 7.43. The van der Waals surface area contributed by atoms with Gasteiger partial charge in [0.05, 0.1) is 23.7 Å².